The van der Waals surface area contributed by atoms with E-state index >= 15 is 0 Å². The second-order valence-electron chi connectivity index (χ2n) is 28.3. The van der Waals surface area contributed by atoms with E-state index in [0.717, 1.165) is 108 Å². The summed E-state index contributed by atoms with van der Waals surface area (Å²) in [6, 6.07) is 0. The largest absolute Gasteiger partial charge is 0.472 e. The zero-order valence-electron chi connectivity index (χ0n) is 62.0. The number of hydrogen-bond acceptors (Lipinski definition) is 15. The summed E-state index contributed by atoms with van der Waals surface area (Å²) in [5.74, 6) is -0.509. The van der Waals surface area contributed by atoms with Crippen LogP contribution in [0.4, 0.5) is 0 Å². The first-order chi connectivity index (χ1) is 45.9. The molecule has 564 valence electrons. The predicted molar refractivity (Wildman–Crippen MR) is 386 cm³/mol. The molecule has 0 amide bonds. The minimum Gasteiger partial charge on any atom is -0.462 e. The van der Waals surface area contributed by atoms with Crippen molar-refractivity contribution in [1.82, 2.24) is 0 Å². The minimum absolute atomic E-state index is 0.107. The Kier molecular flexibility index (Phi) is 66.5. The summed E-state index contributed by atoms with van der Waals surface area (Å²) in [5.41, 5.74) is 0. The second kappa shape index (κ2) is 67.9. The third-order valence-electron chi connectivity index (χ3n) is 17.7. The lowest BCUT2D eigenvalue weighted by Gasteiger charge is -2.21. The Morgan fingerprint density at radius 3 is 0.716 bits per heavy atom. The molecule has 0 rings (SSSR count). The van der Waals surface area contributed by atoms with Crippen LogP contribution in [0.5, 0.6) is 0 Å². The Labute approximate surface area is 581 Å². The number of carbonyl (C=O) groups is 4. The molecule has 0 aromatic heterocycles. The van der Waals surface area contributed by atoms with E-state index in [1.807, 2.05) is 0 Å². The van der Waals surface area contributed by atoms with E-state index in [9.17, 15) is 43.2 Å². The van der Waals surface area contributed by atoms with E-state index < -0.39 is 97.5 Å². The van der Waals surface area contributed by atoms with Gasteiger partial charge >= 0.3 is 39.5 Å². The van der Waals surface area contributed by atoms with Gasteiger partial charge in [-0.3, -0.25) is 37.3 Å². The van der Waals surface area contributed by atoms with Gasteiger partial charge in [0.05, 0.1) is 26.4 Å². The van der Waals surface area contributed by atoms with Gasteiger partial charge in [0.15, 0.2) is 12.2 Å². The highest BCUT2D eigenvalue weighted by Gasteiger charge is 2.30. The topological polar surface area (TPSA) is 237 Å². The lowest BCUT2D eigenvalue weighted by atomic mass is 10.0. The van der Waals surface area contributed by atoms with Crippen molar-refractivity contribution in [3.8, 4) is 0 Å². The van der Waals surface area contributed by atoms with Crippen molar-refractivity contribution in [3.05, 3.63) is 0 Å². The monoisotopic (exact) mass is 1400 g/mol. The van der Waals surface area contributed by atoms with E-state index in [1.54, 1.807) is 0 Å². The number of aliphatic hydroxyl groups excluding tert-OH is 1. The molecule has 0 bridgehead atoms. The van der Waals surface area contributed by atoms with Crippen LogP contribution in [0.25, 0.3) is 0 Å². The van der Waals surface area contributed by atoms with Gasteiger partial charge in [0.25, 0.3) is 0 Å². The molecule has 2 unspecified atom stereocenters. The number of hydrogen-bond donors (Lipinski definition) is 3. The summed E-state index contributed by atoms with van der Waals surface area (Å²) in [7, 11) is -9.91. The summed E-state index contributed by atoms with van der Waals surface area (Å²) < 4.78 is 68.4. The summed E-state index contributed by atoms with van der Waals surface area (Å²) in [6.07, 6.45) is 55.5. The third kappa shape index (κ3) is 70.3. The molecular formula is C76H148O17P2. The van der Waals surface area contributed by atoms with E-state index in [2.05, 4.69) is 41.5 Å². The normalized spacial score (nSPS) is 14.0. The fourth-order valence-corrected chi connectivity index (χ4v) is 13.2. The third-order valence-corrected chi connectivity index (χ3v) is 19.6. The molecule has 0 heterocycles. The Bertz CT molecular complexity index is 1840. The fraction of sp³-hybridized carbons (Fsp3) is 0.947. The van der Waals surface area contributed by atoms with Crippen LogP contribution in [-0.4, -0.2) is 96.7 Å². The minimum atomic E-state index is -4.96. The molecule has 19 heteroatoms. The number of rotatable bonds is 75. The molecule has 0 saturated heterocycles. The average Bonchev–Trinajstić information content (AvgIpc) is 1.85. The highest BCUT2D eigenvalue weighted by Crippen LogP contribution is 2.45. The first-order valence-corrected chi connectivity index (χ1v) is 42.5. The highest BCUT2D eigenvalue weighted by molar-refractivity contribution is 7.47. The molecule has 0 aromatic rings. The van der Waals surface area contributed by atoms with Gasteiger partial charge in [-0.05, 0) is 37.5 Å². The van der Waals surface area contributed by atoms with E-state index in [-0.39, 0.29) is 25.7 Å². The highest BCUT2D eigenvalue weighted by atomic mass is 31.2. The zero-order chi connectivity index (χ0) is 70.0. The molecule has 0 radical (unpaired) electrons. The van der Waals surface area contributed by atoms with Crippen LogP contribution in [0.15, 0.2) is 0 Å². The molecule has 17 nitrogen and oxygen atoms in total. The maximum Gasteiger partial charge on any atom is 0.472 e. The SMILES string of the molecule is CCCCCCCCCCCCCC(=O)O[C@H](COC(=O)CCCCCCCCCC)COP(=O)(O)OC[C@H](O)COP(=O)(O)OC[C@@H](COC(=O)CCCCCCCCCCCCCCCCC(C)C)OC(=O)CCCCCCCCCCCCCCCCCCC(C)C. The quantitative estimate of drug-likeness (QED) is 0.0222. The van der Waals surface area contributed by atoms with Crippen LogP contribution in [0, 0.1) is 11.8 Å². The van der Waals surface area contributed by atoms with Gasteiger partial charge in [-0.1, -0.05) is 343 Å². The molecule has 95 heavy (non-hydrogen) atoms. The Morgan fingerprint density at radius 2 is 0.484 bits per heavy atom. The van der Waals surface area contributed by atoms with E-state index in [4.69, 9.17) is 37.0 Å². The second-order valence-corrected chi connectivity index (χ2v) is 31.3. The summed E-state index contributed by atoms with van der Waals surface area (Å²) in [4.78, 5) is 72.7. The summed E-state index contributed by atoms with van der Waals surface area (Å²) >= 11 is 0. The number of esters is 4. The molecule has 3 N–H and O–H groups in total. The first kappa shape index (κ1) is 93.1. The molecule has 0 aliphatic rings. The molecule has 0 aromatic carbocycles. The summed E-state index contributed by atoms with van der Waals surface area (Å²) in [6.45, 7) is 9.62. The smallest absolute Gasteiger partial charge is 0.462 e. The van der Waals surface area contributed by atoms with Crippen molar-refractivity contribution in [2.45, 2.75) is 413 Å². The predicted octanol–water partition coefficient (Wildman–Crippen LogP) is 22.3. The number of unbranched alkanes of at least 4 members (excludes halogenated alkanes) is 45. The molecule has 5 atom stereocenters. The van der Waals surface area contributed by atoms with Crippen molar-refractivity contribution >= 4 is 39.5 Å². The van der Waals surface area contributed by atoms with Gasteiger partial charge in [0, 0.05) is 25.7 Å². The maximum absolute atomic E-state index is 13.1. The number of carbonyl (C=O) groups excluding carboxylic acids is 4. The first-order valence-electron chi connectivity index (χ1n) is 39.5. The maximum atomic E-state index is 13.1. The van der Waals surface area contributed by atoms with Gasteiger partial charge < -0.3 is 33.8 Å². The van der Waals surface area contributed by atoms with Crippen LogP contribution in [-0.2, 0) is 65.4 Å². The van der Waals surface area contributed by atoms with Crippen LogP contribution in [0.2, 0.25) is 0 Å². The Morgan fingerprint density at radius 1 is 0.284 bits per heavy atom. The van der Waals surface area contributed by atoms with E-state index in [1.165, 1.54) is 205 Å². The fourth-order valence-electron chi connectivity index (χ4n) is 11.7. The Hall–Kier alpha value is -1.94. The van der Waals surface area contributed by atoms with Gasteiger partial charge in [-0.25, -0.2) is 9.13 Å². The molecule has 0 fully saturated rings. The van der Waals surface area contributed by atoms with Crippen LogP contribution in [0.1, 0.15) is 395 Å². The van der Waals surface area contributed by atoms with Crippen LogP contribution < -0.4 is 0 Å². The number of ether oxygens (including phenoxy) is 4. The molecule has 0 aliphatic carbocycles. The van der Waals surface area contributed by atoms with Gasteiger partial charge in [0.2, 0.25) is 0 Å². The van der Waals surface area contributed by atoms with Crippen molar-refractivity contribution < 1.29 is 80.2 Å². The van der Waals surface area contributed by atoms with Crippen molar-refractivity contribution in [2.24, 2.45) is 11.8 Å². The van der Waals surface area contributed by atoms with Crippen molar-refractivity contribution in [1.29, 1.82) is 0 Å². The molecular weight excluding hydrogens is 1250 g/mol. The van der Waals surface area contributed by atoms with Gasteiger partial charge in [0.1, 0.15) is 19.3 Å². The average molecular weight is 1400 g/mol. The van der Waals surface area contributed by atoms with Crippen LogP contribution in [0.3, 0.4) is 0 Å². The van der Waals surface area contributed by atoms with Gasteiger partial charge in [-0.15, -0.1) is 0 Å². The number of phosphoric acid groups is 2. The van der Waals surface area contributed by atoms with Gasteiger partial charge in [-0.2, -0.15) is 0 Å². The van der Waals surface area contributed by atoms with E-state index in [0.29, 0.717) is 25.7 Å². The molecule has 0 saturated carbocycles. The number of aliphatic hydroxyl groups is 1. The number of phosphoric ester groups is 2. The molecule has 0 aliphatic heterocycles. The zero-order valence-corrected chi connectivity index (χ0v) is 63.8. The lowest BCUT2D eigenvalue weighted by molar-refractivity contribution is -0.161. The standard InChI is InChI=1S/C76H148O17P2/c1-7-9-11-13-15-17-28-36-42-48-54-60-75(80)92-71(64-86-73(78)58-52-46-40-16-14-12-10-8-2)66-90-94(82,83)88-62-70(77)63-89-95(84,85)91-67-72(65-87-74(79)59-53-47-41-35-31-26-23-22-25-30-34-39-45-51-57-69(5)6)93-76(81)61-55-49-43-37-32-27-21-19-18-20-24-29-33-38-44-50-56-68(3)4/h68-72,77H,7-67H2,1-6H3,(H,82,83)(H,84,85)/t70-,71+,72+/m0/s1. The molecule has 0 spiro atoms. The lowest BCUT2D eigenvalue weighted by Crippen LogP contribution is -2.30. The Balaban J connectivity index is 5.20. The van der Waals surface area contributed by atoms with Crippen molar-refractivity contribution in [3.63, 3.8) is 0 Å². The summed E-state index contributed by atoms with van der Waals surface area (Å²) in [5, 5.41) is 10.6. The van der Waals surface area contributed by atoms with Crippen molar-refractivity contribution in [2.75, 3.05) is 39.6 Å². The van der Waals surface area contributed by atoms with Crippen LogP contribution >= 0.6 is 15.6 Å².